The third-order valence-electron chi connectivity index (χ3n) is 5.51. The second-order valence-corrected chi connectivity index (χ2v) is 7.11. The molecule has 3 heterocycles. The van der Waals surface area contributed by atoms with Crippen LogP contribution in [-0.4, -0.2) is 30.9 Å². The van der Waals surface area contributed by atoms with Gasteiger partial charge in [-0.1, -0.05) is 6.92 Å². The molecule has 21 heavy (non-hydrogen) atoms. The highest BCUT2D eigenvalue weighted by Gasteiger charge is 2.49. The number of aromatic nitrogens is 1. The maximum absolute atomic E-state index is 9.31. The Morgan fingerprint density at radius 2 is 2.29 bits per heavy atom. The van der Waals surface area contributed by atoms with Crippen LogP contribution in [0.25, 0.3) is 0 Å². The van der Waals surface area contributed by atoms with Gasteiger partial charge in [-0.2, -0.15) is 0 Å². The Morgan fingerprint density at radius 1 is 1.48 bits per heavy atom. The summed E-state index contributed by atoms with van der Waals surface area (Å²) >= 11 is 0. The third kappa shape index (κ3) is 2.13. The van der Waals surface area contributed by atoms with E-state index in [-0.39, 0.29) is 6.71 Å². The molecule has 1 spiro atoms. The fourth-order valence-electron chi connectivity index (χ4n) is 4.00. The molecular weight excluding hydrogens is 261 g/mol. The molecule has 0 aromatic carbocycles. The minimum absolute atomic E-state index is 0.0904. The number of rotatable bonds is 2. The van der Waals surface area contributed by atoms with Crippen LogP contribution in [0.15, 0.2) is 12.3 Å². The molecule has 108 valence electrons. The van der Waals surface area contributed by atoms with E-state index in [0.717, 1.165) is 50.1 Å². The van der Waals surface area contributed by atoms with E-state index in [1.807, 2.05) is 12.3 Å². The summed E-state index contributed by atoms with van der Waals surface area (Å²) in [7, 11) is 0. The molecule has 1 aliphatic carbocycles. The van der Waals surface area contributed by atoms with E-state index in [1.165, 1.54) is 5.56 Å². The molecule has 0 bridgehead atoms. The van der Waals surface area contributed by atoms with Crippen LogP contribution in [0.3, 0.4) is 0 Å². The fraction of sp³-hybridized carbons (Fsp3) is 0.625. The van der Waals surface area contributed by atoms with Gasteiger partial charge in [0, 0.05) is 41.9 Å². The molecular formula is C16H20BN3O. The third-order valence-corrected chi connectivity index (χ3v) is 5.51. The highest BCUT2D eigenvalue weighted by molar-refractivity contribution is 6.68. The molecule has 4 rings (SSSR count). The lowest BCUT2D eigenvalue weighted by atomic mass is 9.37. The van der Waals surface area contributed by atoms with Gasteiger partial charge in [0.25, 0.3) is 6.71 Å². The zero-order valence-corrected chi connectivity index (χ0v) is 12.4. The molecule has 1 N–H and O–H groups in total. The lowest BCUT2D eigenvalue weighted by molar-refractivity contribution is -0.0498. The fourth-order valence-corrected chi connectivity index (χ4v) is 4.00. The summed E-state index contributed by atoms with van der Waals surface area (Å²) in [5.41, 5.74) is 2.84. The first-order chi connectivity index (χ1) is 10.2. The second-order valence-electron chi connectivity index (χ2n) is 7.11. The van der Waals surface area contributed by atoms with E-state index in [9.17, 15) is 5.26 Å². The van der Waals surface area contributed by atoms with Crippen molar-refractivity contribution < 1.29 is 4.74 Å². The van der Waals surface area contributed by atoms with Gasteiger partial charge in [-0.15, -0.1) is 0 Å². The molecule has 1 saturated heterocycles. The summed E-state index contributed by atoms with van der Waals surface area (Å²) in [6.07, 6.45) is 6.20. The Hall–Kier alpha value is -1.54. The highest BCUT2D eigenvalue weighted by Crippen LogP contribution is 2.46. The van der Waals surface area contributed by atoms with E-state index in [4.69, 9.17) is 4.74 Å². The number of pyridine rings is 1. The topological polar surface area (TPSA) is 57.9 Å². The predicted molar refractivity (Wildman–Crippen MR) is 81.4 cm³/mol. The first-order valence-electron chi connectivity index (χ1n) is 7.93. The molecule has 3 aliphatic rings. The standard InChI is InChI=1S/C16H20BN3O/c1-11-4-14-13(7-17(11)10-18)15(2-3-20-14)21-12-5-16(6-12)8-19-9-16/h2-3,11-12,19H,4-9H2,1H3. The SMILES string of the molecule is CC1Cc2nccc(OC3CC4(CNC4)C3)c2CB1C#N. The summed E-state index contributed by atoms with van der Waals surface area (Å²) < 4.78 is 6.23. The minimum atomic E-state index is 0.0904. The molecule has 4 nitrogen and oxygen atoms in total. The van der Waals surface area contributed by atoms with Gasteiger partial charge in [-0.3, -0.25) is 4.98 Å². The largest absolute Gasteiger partial charge is 0.490 e. The van der Waals surface area contributed by atoms with Gasteiger partial charge < -0.3 is 10.1 Å². The molecule has 1 aromatic heterocycles. The van der Waals surface area contributed by atoms with Gasteiger partial charge >= 0.3 is 0 Å². The number of nitrogens with one attached hydrogen (secondary N) is 1. The Kier molecular flexibility index (Phi) is 2.97. The van der Waals surface area contributed by atoms with Crippen LogP contribution in [0.4, 0.5) is 0 Å². The van der Waals surface area contributed by atoms with E-state index < -0.39 is 0 Å². The molecule has 1 unspecified atom stereocenters. The summed E-state index contributed by atoms with van der Waals surface area (Å²) in [5.74, 6) is 3.80. The van der Waals surface area contributed by atoms with Crippen molar-refractivity contribution in [3.05, 3.63) is 23.5 Å². The van der Waals surface area contributed by atoms with Gasteiger partial charge in [0.2, 0.25) is 0 Å². The van der Waals surface area contributed by atoms with Crippen molar-refractivity contribution >= 4 is 6.71 Å². The van der Waals surface area contributed by atoms with Gasteiger partial charge in [-0.05, 0) is 37.5 Å². The summed E-state index contributed by atoms with van der Waals surface area (Å²) in [6, 6.07) is 1.98. The lowest BCUT2D eigenvalue weighted by Crippen LogP contribution is -2.62. The minimum Gasteiger partial charge on any atom is -0.490 e. The van der Waals surface area contributed by atoms with Crippen molar-refractivity contribution in [3.8, 4) is 11.7 Å². The summed E-state index contributed by atoms with van der Waals surface area (Å²) in [4.78, 5) is 4.51. The van der Waals surface area contributed by atoms with Crippen molar-refractivity contribution in [2.24, 2.45) is 5.41 Å². The van der Waals surface area contributed by atoms with E-state index in [2.05, 4.69) is 23.2 Å². The van der Waals surface area contributed by atoms with Crippen LogP contribution in [0.2, 0.25) is 5.82 Å². The van der Waals surface area contributed by atoms with Crippen LogP contribution in [0, 0.1) is 16.6 Å². The lowest BCUT2D eigenvalue weighted by Gasteiger charge is -2.53. The van der Waals surface area contributed by atoms with Gasteiger partial charge in [0.1, 0.15) is 5.75 Å². The van der Waals surface area contributed by atoms with Crippen molar-refractivity contribution in [1.29, 1.82) is 5.26 Å². The number of fused-ring (bicyclic) bond motifs is 1. The number of nitriles is 1. The van der Waals surface area contributed by atoms with Gasteiger partial charge in [-0.25, -0.2) is 5.26 Å². The van der Waals surface area contributed by atoms with Crippen molar-refractivity contribution in [3.63, 3.8) is 0 Å². The van der Waals surface area contributed by atoms with Crippen molar-refractivity contribution in [2.45, 2.75) is 44.4 Å². The first-order valence-corrected chi connectivity index (χ1v) is 7.93. The molecule has 5 heteroatoms. The summed E-state index contributed by atoms with van der Waals surface area (Å²) in [6.45, 7) is 4.53. The highest BCUT2D eigenvalue weighted by atomic mass is 16.5. The van der Waals surface area contributed by atoms with Crippen molar-refractivity contribution in [1.82, 2.24) is 10.3 Å². The second kappa shape index (κ2) is 4.74. The van der Waals surface area contributed by atoms with E-state index >= 15 is 0 Å². The number of nitrogens with zero attached hydrogens (tertiary/aromatic N) is 2. The van der Waals surface area contributed by atoms with Gasteiger partial charge in [0.05, 0.1) is 6.10 Å². The smallest absolute Gasteiger partial charge is 0.275 e. The molecule has 1 aromatic rings. The van der Waals surface area contributed by atoms with Crippen LogP contribution < -0.4 is 10.1 Å². The van der Waals surface area contributed by atoms with Crippen LogP contribution >= 0.6 is 0 Å². The number of ether oxygens (including phenoxy) is 1. The van der Waals surface area contributed by atoms with Crippen LogP contribution in [0.5, 0.6) is 5.75 Å². The molecule has 1 saturated carbocycles. The average Bonchev–Trinajstić information content (AvgIpc) is 2.39. The number of hydrogen-bond acceptors (Lipinski definition) is 4. The monoisotopic (exact) mass is 281 g/mol. The Bertz CT molecular complexity index is 600. The molecule has 1 atom stereocenters. The quantitative estimate of drug-likeness (QED) is 0.840. The maximum atomic E-state index is 9.31. The normalized spacial score (nSPS) is 26.5. The Labute approximate surface area is 126 Å². The van der Waals surface area contributed by atoms with Gasteiger partial charge in [0.15, 0.2) is 0 Å². The van der Waals surface area contributed by atoms with Crippen molar-refractivity contribution in [2.75, 3.05) is 13.1 Å². The predicted octanol–water partition coefficient (Wildman–Crippen LogP) is 1.80. The Morgan fingerprint density at radius 3 is 2.95 bits per heavy atom. The zero-order chi connectivity index (χ0) is 14.4. The van der Waals surface area contributed by atoms with Crippen LogP contribution in [-0.2, 0) is 12.7 Å². The number of hydrogen-bond donors (Lipinski definition) is 1. The van der Waals surface area contributed by atoms with Crippen LogP contribution in [0.1, 0.15) is 31.0 Å². The Balaban J connectivity index is 1.51. The maximum Gasteiger partial charge on any atom is 0.275 e. The zero-order valence-electron chi connectivity index (χ0n) is 12.4. The summed E-state index contributed by atoms with van der Waals surface area (Å²) in [5, 5.41) is 12.7. The average molecular weight is 281 g/mol. The van der Waals surface area contributed by atoms with E-state index in [0.29, 0.717) is 17.3 Å². The molecule has 0 radical (unpaired) electrons. The van der Waals surface area contributed by atoms with E-state index in [1.54, 1.807) is 0 Å². The molecule has 2 fully saturated rings. The first kappa shape index (κ1) is 13.2. The molecule has 2 aliphatic heterocycles. The molecule has 0 amide bonds.